The fourth-order valence-electron chi connectivity index (χ4n) is 1.34. The van der Waals surface area contributed by atoms with Gasteiger partial charge in [0.05, 0.1) is 5.75 Å². The molecule has 3 nitrogen and oxygen atoms in total. The summed E-state index contributed by atoms with van der Waals surface area (Å²) in [6.07, 6.45) is 2.35. The number of unbranched alkanes of at least 4 members (excludes halogenated alkanes) is 1. The van der Waals surface area contributed by atoms with E-state index in [1.165, 1.54) is 12.8 Å². The first-order valence-electron chi connectivity index (χ1n) is 5.85. The van der Waals surface area contributed by atoms with Crippen molar-refractivity contribution in [3.8, 4) is 0 Å². The van der Waals surface area contributed by atoms with Crippen LogP contribution in [-0.2, 0) is 4.79 Å². The van der Waals surface area contributed by atoms with Crippen LogP contribution >= 0.6 is 11.8 Å². The average Bonchev–Trinajstić information content (AvgIpc) is 2.34. The number of nitrogens with two attached hydrogens (primary N) is 1. The minimum absolute atomic E-state index is 0.135. The summed E-state index contributed by atoms with van der Waals surface area (Å²) < 4.78 is 0. The number of anilines is 2. The number of amides is 1. The van der Waals surface area contributed by atoms with Gasteiger partial charge in [-0.05, 0) is 36.4 Å². The molecule has 94 valence electrons. The van der Waals surface area contributed by atoms with Crippen LogP contribution in [-0.4, -0.2) is 24.5 Å². The van der Waals surface area contributed by atoms with Gasteiger partial charge in [-0.2, -0.15) is 11.8 Å². The number of thioether (sulfide) groups is 1. The normalized spacial score (nSPS) is 10.2. The van der Waals surface area contributed by atoms with Gasteiger partial charge in [-0.3, -0.25) is 4.79 Å². The molecule has 4 heteroatoms. The molecule has 0 atom stereocenters. The molecule has 0 heterocycles. The zero-order valence-corrected chi connectivity index (χ0v) is 11.3. The molecule has 0 aromatic heterocycles. The summed E-state index contributed by atoms with van der Waals surface area (Å²) in [6, 6.07) is 7.35. The summed E-state index contributed by atoms with van der Waals surface area (Å²) in [5.41, 5.74) is 7.21. The lowest BCUT2D eigenvalue weighted by Crippen LogP contribution is -2.28. The predicted octanol–water partition coefficient (Wildman–Crippen LogP) is 2.76. The molecule has 0 fully saturated rings. The quantitative estimate of drug-likeness (QED) is 0.625. The highest BCUT2D eigenvalue weighted by molar-refractivity contribution is 7.99. The molecular weight excluding hydrogens is 232 g/mol. The highest BCUT2D eigenvalue weighted by Gasteiger charge is 2.10. The van der Waals surface area contributed by atoms with Crippen LogP contribution in [0.2, 0.25) is 0 Å². The summed E-state index contributed by atoms with van der Waals surface area (Å²) >= 11 is 1.70. The molecule has 0 aliphatic heterocycles. The number of benzene rings is 1. The van der Waals surface area contributed by atoms with Gasteiger partial charge in [-0.15, -0.1) is 0 Å². The molecule has 1 aromatic carbocycles. The Balaban J connectivity index is 2.43. The van der Waals surface area contributed by atoms with E-state index in [1.807, 2.05) is 24.3 Å². The first-order valence-corrected chi connectivity index (χ1v) is 7.00. The van der Waals surface area contributed by atoms with E-state index in [2.05, 4.69) is 6.92 Å². The molecule has 0 unspecified atom stereocenters. The third-order valence-electron chi connectivity index (χ3n) is 2.52. The van der Waals surface area contributed by atoms with Gasteiger partial charge in [-0.25, -0.2) is 0 Å². The van der Waals surface area contributed by atoms with Crippen LogP contribution < -0.4 is 10.6 Å². The smallest absolute Gasteiger partial charge is 0.236 e. The van der Waals surface area contributed by atoms with Crippen molar-refractivity contribution in [2.75, 3.05) is 29.2 Å². The first kappa shape index (κ1) is 13.9. The van der Waals surface area contributed by atoms with E-state index in [4.69, 9.17) is 5.73 Å². The molecule has 0 saturated carbocycles. The number of carbonyl (C=O) groups excluding carboxylic acids is 1. The number of hydrogen-bond donors (Lipinski definition) is 1. The summed E-state index contributed by atoms with van der Waals surface area (Å²) in [5.74, 6) is 1.73. The molecule has 2 N–H and O–H groups in total. The van der Waals surface area contributed by atoms with Crippen LogP contribution in [0.1, 0.15) is 19.8 Å². The van der Waals surface area contributed by atoms with Crippen molar-refractivity contribution in [1.82, 2.24) is 0 Å². The molecule has 0 aliphatic carbocycles. The Morgan fingerprint density at radius 3 is 2.59 bits per heavy atom. The van der Waals surface area contributed by atoms with Gasteiger partial charge in [0.2, 0.25) is 5.91 Å². The van der Waals surface area contributed by atoms with Crippen LogP contribution in [0.5, 0.6) is 0 Å². The molecule has 17 heavy (non-hydrogen) atoms. The number of nitrogen functional groups attached to an aromatic ring is 1. The molecule has 0 aliphatic rings. The van der Waals surface area contributed by atoms with Crippen molar-refractivity contribution < 1.29 is 4.79 Å². The second-order valence-electron chi connectivity index (χ2n) is 3.95. The molecule has 1 rings (SSSR count). The van der Waals surface area contributed by atoms with E-state index in [9.17, 15) is 4.79 Å². The van der Waals surface area contributed by atoms with Gasteiger partial charge in [0.15, 0.2) is 0 Å². The second-order valence-corrected chi connectivity index (χ2v) is 5.06. The monoisotopic (exact) mass is 252 g/mol. The third kappa shape index (κ3) is 4.69. The zero-order valence-electron chi connectivity index (χ0n) is 10.5. The summed E-state index contributed by atoms with van der Waals surface area (Å²) in [7, 11) is 1.80. The lowest BCUT2D eigenvalue weighted by Gasteiger charge is -2.17. The SMILES string of the molecule is CCCCSCC(=O)N(C)c1ccc(N)cc1. The number of hydrogen-bond acceptors (Lipinski definition) is 3. The van der Waals surface area contributed by atoms with Crippen LogP contribution in [0.4, 0.5) is 11.4 Å². The largest absolute Gasteiger partial charge is 0.399 e. The van der Waals surface area contributed by atoms with E-state index in [-0.39, 0.29) is 5.91 Å². The first-order chi connectivity index (χ1) is 8.15. The molecular formula is C13H20N2OS. The topological polar surface area (TPSA) is 46.3 Å². The zero-order chi connectivity index (χ0) is 12.7. The lowest BCUT2D eigenvalue weighted by atomic mass is 10.2. The Morgan fingerprint density at radius 2 is 2.00 bits per heavy atom. The molecule has 0 saturated heterocycles. The predicted molar refractivity (Wildman–Crippen MR) is 76.5 cm³/mol. The van der Waals surface area contributed by atoms with Crippen molar-refractivity contribution >= 4 is 29.0 Å². The summed E-state index contributed by atoms with van der Waals surface area (Å²) in [6.45, 7) is 2.16. The van der Waals surface area contributed by atoms with Gasteiger partial charge in [0, 0.05) is 18.4 Å². The van der Waals surface area contributed by atoms with Crippen LogP contribution in [0, 0.1) is 0 Å². The maximum absolute atomic E-state index is 11.9. The molecule has 0 spiro atoms. The molecule has 0 bridgehead atoms. The van der Waals surface area contributed by atoms with E-state index in [1.54, 1.807) is 23.7 Å². The van der Waals surface area contributed by atoms with Crippen LogP contribution in [0.25, 0.3) is 0 Å². The highest BCUT2D eigenvalue weighted by Crippen LogP contribution is 2.16. The van der Waals surface area contributed by atoms with Gasteiger partial charge in [0.1, 0.15) is 0 Å². The Hall–Kier alpha value is -1.16. The fraction of sp³-hybridized carbons (Fsp3) is 0.462. The number of nitrogens with zero attached hydrogens (tertiary/aromatic N) is 1. The Labute approximate surface area is 107 Å². The Bertz CT molecular complexity index is 351. The lowest BCUT2D eigenvalue weighted by molar-refractivity contribution is -0.115. The standard InChI is InChI=1S/C13H20N2OS/c1-3-4-9-17-10-13(16)15(2)12-7-5-11(14)6-8-12/h5-8H,3-4,9-10,14H2,1-2H3. The van der Waals surface area contributed by atoms with Crippen molar-refractivity contribution in [3.05, 3.63) is 24.3 Å². The van der Waals surface area contributed by atoms with E-state index in [0.29, 0.717) is 11.4 Å². The minimum Gasteiger partial charge on any atom is -0.399 e. The second kappa shape index (κ2) is 7.22. The Kier molecular flexibility index (Phi) is 5.91. The van der Waals surface area contributed by atoms with Gasteiger partial charge < -0.3 is 10.6 Å². The number of carbonyl (C=O) groups is 1. The summed E-state index contributed by atoms with van der Waals surface area (Å²) in [5, 5.41) is 0. The maximum Gasteiger partial charge on any atom is 0.236 e. The fourth-order valence-corrected chi connectivity index (χ4v) is 2.35. The van der Waals surface area contributed by atoms with Crippen molar-refractivity contribution in [2.45, 2.75) is 19.8 Å². The Morgan fingerprint density at radius 1 is 1.35 bits per heavy atom. The van der Waals surface area contributed by atoms with Gasteiger partial charge in [-0.1, -0.05) is 13.3 Å². The highest BCUT2D eigenvalue weighted by atomic mass is 32.2. The van der Waals surface area contributed by atoms with Crippen molar-refractivity contribution in [1.29, 1.82) is 0 Å². The van der Waals surface area contributed by atoms with Crippen molar-refractivity contribution in [3.63, 3.8) is 0 Å². The van der Waals surface area contributed by atoms with E-state index in [0.717, 1.165) is 11.4 Å². The third-order valence-corrected chi connectivity index (χ3v) is 3.55. The minimum atomic E-state index is 0.135. The van der Waals surface area contributed by atoms with Gasteiger partial charge in [0.25, 0.3) is 0 Å². The van der Waals surface area contributed by atoms with E-state index < -0.39 is 0 Å². The number of rotatable bonds is 6. The van der Waals surface area contributed by atoms with Gasteiger partial charge >= 0.3 is 0 Å². The van der Waals surface area contributed by atoms with Crippen molar-refractivity contribution in [2.24, 2.45) is 0 Å². The molecule has 1 amide bonds. The van der Waals surface area contributed by atoms with Crippen LogP contribution in [0.15, 0.2) is 24.3 Å². The average molecular weight is 252 g/mol. The summed E-state index contributed by atoms with van der Waals surface area (Å²) in [4.78, 5) is 13.5. The molecule has 1 aromatic rings. The van der Waals surface area contributed by atoms with E-state index >= 15 is 0 Å². The maximum atomic E-state index is 11.9. The molecule has 0 radical (unpaired) electrons. The van der Waals surface area contributed by atoms with Crippen LogP contribution in [0.3, 0.4) is 0 Å².